The van der Waals surface area contributed by atoms with Crippen molar-refractivity contribution in [2.24, 2.45) is 0 Å². The zero-order valence-corrected chi connectivity index (χ0v) is 10.3. The average molecular weight is 263 g/mol. The van der Waals surface area contributed by atoms with E-state index in [9.17, 15) is 4.79 Å². The minimum absolute atomic E-state index is 0.166. The Morgan fingerprint density at radius 2 is 2.11 bits per heavy atom. The Hall–Kier alpha value is -1.74. The molecule has 1 aromatic carbocycles. The lowest BCUT2D eigenvalue weighted by Crippen LogP contribution is -1.96. The lowest BCUT2D eigenvalue weighted by molar-refractivity contribution is -0.142. The van der Waals surface area contributed by atoms with Crippen LogP contribution in [0.1, 0.15) is 24.7 Å². The van der Waals surface area contributed by atoms with Gasteiger partial charge >= 0.3 is 5.97 Å². The van der Waals surface area contributed by atoms with Gasteiger partial charge in [0.25, 0.3) is 0 Å². The Labute approximate surface area is 109 Å². The van der Waals surface area contributed by atoms with Gasteiger partial charge in [0.15, 0.2) is 6.10 Å². The fraction of sp³-hybridized carbons (Fsp3) is 0.214. The van der Waals surface area contributed by atoms with Crippen molar-refractivity contribution in [2.45, 2.75) is 18.9 Å². The molecule has 1 unspecified atom stereocenters. The Morgan fingerprint density at radius 1 is 1.22 bits per heavy atom. The van der Waals surface area contributed by atoms with Crippen LogP contribution in [0.4, 0.5) is 0 Å². The van der Waals surface area contributed by atoms with Gasteiger partial charge in [-0.2, -0.15) is 0 Å². The van der Waals surface area contributed by atoms with E-state index < -0.39 is 0 Å². The van der Waals surface area contributed by atoms with Crippen molar-refractivity contribution in [1.29, 1.82) is 0 Å². The van der Waals surface area contributed by atoms with Crippen molar-refractivity contribution >= 4 is 17.6 Å². The summed E-state index contributed by atoms with van der Waals surface area (Å²) in [7, 11) is 0. The molecule has 18 heavy (non-hydrogen) atoms. The minimum Gasteiger partial charge on any atom is -0.457 e. The highest BCUT2D eigenvalue weighted by Crippen LogP contribution is 2.33. The van der Waals surface area contributed by atoms with Gasteiger partial charge in [0, 0.05) is 23.4 Å². The number of rotatable bonds is 2. The van der Waals surface area contributed by atoms with Gasteiger partial charge in [0.05, 0.1) is 0 Å². The van der Waals surface area contributed by atoms with Crippen molar-refractivity contribution < 1.29 is 13.9 Å². The van der Waals surface area contributed by atoms with E-state index in [2.05, 4.69) is 0 Å². The smallest absolute Gasteiger partial charge is 0.306 e. The largest absolute Gasteiger partial charge is 0.457 e. The second-order valence-corrected chi connectivity index (χ2v) is 4.67. The summed E-state index contributed by atoms with van der Waals surface area (Å²) in [6.07, 6.45) is 0.893. The van der Waals surface area contributed by atoms with E-state index in [4.69, 9.17) is 20.8 Å². The molecule has 4 heteroatoms. The zero-order chi connectivity index (χ0) is 12.5. The first kappa shape index (κ1) is 11.4. The van der Waals surface area contributed by atoms with Crippen LogP contribution >= 0.6 is 11.6 Å². The quantitative estimate of drug-likeness (QED) is 0.769. The van der Waals surface area contributed by atoms with Gasteiger partial charge < -0.3 is 9.15 Å². The number of cyclic esters (lactones) is 1. The van der Waals surface area contributed by atoms with Crippen molar-refractivity contribution in [2.75, 3.05) is 0 Å². The number of hydrogen-bond donors (Lipinski definition) is 0. The number of halogens is 1. The molecule has 1 aliphatic heterocycles. The highest BCUT2D eigenvalue weighted by Gasteiger charge is 2.27. The molecule has 0 saturated carbocycles. The fourth-order valence-electron chi connectivity index (χ4n) is 2.05. The third-order valence-corrected chi connectivity index (χ3v) is 3.17. The normalized spacial score (nSPS) is 18.9. The summed E-state index contributed by atoms with van der Waals surface area (Å²) < 4.78 is 10.9. The Balaban J connectivity index is 1.87. The third-order valence-electron chi connectivity index (χ3n) is 2.94. The predicted molar refractivity (Wildman–Crippen MR) is 67.2 cm³/mol. The van der Waals surface area contributed by atoms with E-state index in [1.807, 2.05) is 36.4 Å². The molecule has 0 radical (unpaired) electrons. The predicted octanol–water partition coefficient (Wildman–Crippen LogP) is 3.98. The van der Waals surface area contributed by atoms with E-state index in [-0.39, 0.29) is 12.1 Å². The summed E-state index contributed by atoms with van der Waals surface area (Å²) in [6, 6.07) is 11.2. The number of hydrogen-bond acceptors (Lipinski definition) is 3. The molecule has 1 aliphatic rings. The standard InChI is InChI=1S/C14H11ClO3/c15-10-3-1-2-9(8-10)11-4-5-12(17-11)13-6-7-14(16)18-13/h1-5,8,13H,6-7H2. The molecule has 1 saturated heterocycles. The monoisotopic (exact) mass is 262 g/mol. The topological polar surface area (TPSA) is 39.4 Å². The fourth-order valence-corrected chi connectivity index (χ4v) is 2.24. The van der Waals surface area contributed by atoms with Crippen LogP contribution < -0.4 is 0 Å². The molecule has 0 N–H and O–H groups in total. The molecule has 2 heterocycles. The van der Waals surface area contributed by atoms with Crippen LogP contribution in [0.2, 0.25) is 5.02 Å². The first-order chi connectivity index (χ1) is 8.72. The molecule has 0 aliphatic carbocycles. The second kappa shape index (κ2) is 4.50. The first-order valence-corrected chi connectivity index (χ1v) is 6.15. The van der Waals surface area contributed by atoms with Gasteiger partial charge in [0.1, 0.15) is 11.5 Å². The lowest BCUT2D eigenvalue weighted by Gasteiger charge is -2.04. The van der Waals surface area contributed by atoms with E-state index in [0.717, 1.165) is 11.3 Å². The first-order valence-electron chi connectivity index (χ1n) is 5.77. The van der Waals surface area contributed by atoms with Crippen molar-refractivity contribution in [1.82, 2.24) is 0 Å². The summed E-state index contributed by atoms with van der Waals surface area (Å²) in [6.45, 7) is 0. The number of ether oxygens (including phenoxy) is 1. The van der Waals surface area contributed by atoms with Gasteiger partial charge in [-0.25, -0.2) is 0 Å². The molecule has 92 valence electrons. The molecular formula is C14H11ClO3. The Kier molecular flexibility index (Phi) is 2.84. The highest BCUT2D eigenvalue weighted by molar-refractivity contribution is 6.30. The Bertz CT molecular complexity index is 588. The Morgan fingerprint density at radius 3 is 2.83 bits per heavy atom. The van der Waals surface area contributed by atoms with Crippen molar-refractivity contribution in [3.8, 4) is 11.3 Å². The van der Waals surface area contributed by atoms with E-state index in [1.165, 1.54) is 0 Å². The van der Waals surface area contributed by atoms with Gasteiger partial charge in [0.2, 0.25) is 0 Å². The number of carbonyl (C=O) groups excluding carboxylic acids is 1. The van der Waals surface area contributed by atoms with Gasteiger partial charge in [-0.3, -0.25) is 4.79 Å². The van der Waals surface area contributed by atoms with E-state index in [0.29, 0.717) is 23.6 Å². The van der Waals surface area contributed by atoms with Crippen LogP contribution in [0, 0.1) is 0 Å². The minimum atomic E-state index is -0.245. The van der Waals surface area contributed by atoms with Crippen LogP contribution in [-0.2, 0) is 9.53 Å². The molecule has 1 aromatic heterocycles. The van der Waals surface area contributed by atoms with E-state index >= 15 is 0 Å². The van der Waals surface area contributed by atoms with Crippen LogP contribution in [0.5, 0.6) is 0 Å². The number of benzene rings is 1. The lowest BCUT2D eigenvalue weighted by atomic mass is 10.2. The van der Waals surface area contributed by atoms with Gasteiger partial charge in [-0.05, 0) is 24.3 Å². The van der Waals surface area contributed by atoms with Gasteiger partial charge in [-0.1, -0.05) is 23.7 Å². The number of furan rings is 1. The molecule has 1 fully saturated rings. The van der Waals surface area contributed by atoms with Crippen molar-refractivity contribution in [3.63, 3.8) is 0 Å². The van der Waals surface area contributed by atoms with Crippen molar-refractivity contribution in [3.05, 3.63) is 47.2 Å². The molecule has 1 atom stereocenters. The van der Waals surface area contributed by atoms with E-state index in [1.54, 1.807) is 0 Å². The maximum atomic E-state index is 11.1. The molecule has 3 rings (SSSR count). The highest BCUT2D eigenvalue weighted by atomic mass is 35.5. The molecule has 0 amide bonds. The van der Waals surface area contributed by atoms with Crippen LogP contribution in [-0.4, -0.2) is 5.97 Å². The summed E-state index contributed by atoms with van der Waals surface area (Å²) >= 11 is 5.94. The molecule has 0 bridgehead atoms. The summed E-state index contributed by atoms with van der Waals surface area (Å²) in [5.41, 5.74) is 0.915. The van der Waals surface area contributed by atoms with Crippen LogP contribution in [0.25, 0.3) is 11.3 Å². The van der Waals surface area contributed by atoms with Crippen LogP contribution in [0.15, 0.2) is 40.8 Å². The van der Waals surface area contributed by atoms with Gasteiger partial charge in [-0.15, -0.1) is 0 Å². The number of carbonyl (C=O) groups is 1. The van der Waals surface area contributed by atoms with Crippen LogP contribution in [0.3, 0.4) is 0 Å². The molecule has 3 nitrogen and oxygen atoms in total. The zero-order valence-electron chi connectivity index (χ0n) is 9.56. The molecular weight excluding hydrogens is 252 g/mol. The summed E-state index contributed by atoms with van der Waals surface area (Å²) in [5.74, 6) is 1.26. The maximum absolute atomic E-state index is 11.1. The average Bonchev–Trinajstić information content (AvgIpc) is 2.97. The molecule has 2 aromatic rings. The SMILES string of the molecule is O=C1CCC(c2ccc(-c3cccc(Cl)c3)o2)O1. The number of esters is 1. The summed E-state index contributed by atoms with van der Waals surface area (Å²) in [4.78, 5) is 11.1. The third kappa shape index (κ3) is 2.14. The summed E-state index contributed by atoms with van der Waals surface area (Å²) in [5, 5.41) is 0.665. The molecule has 0 spiro atoms. The maximum Gasteiger partial charge on any atom is 0.306 e. The second-order valence-electron chi connectivity index (χ2n) is 4.23.